The topological polar surface area (TPSA) is 86.7 Å². The lowest BCUT2D eigenvalue weighted by molar-refractivity contribution is 0.0959. The summed E-state index contributed by atoms with van der Waals surface area (Å²) in [6, 6.07) is 1.45. The lowest BCUT2D eigenvalue weighted by Gasteiger charge is -2.30. The third kappa shape index (κ3) is 3.50. The number of carbonyl (C=O) groups excluding carboxylic acids is 1. The number of terminal acetylenes is 1. The summed E-state index contributed by atoms with van der Waals surface area (Å²) >= 11 is 1.08. The molecule has 0 aliphatic carbocycles. The molecule has 1 aromatic heterocycles. The maximum absolute atomic E-state index is 12.7. The fraction of sp³-hybridized carbons (Fsp3) is 0.500. The second kappa shape index (κ2) is 7.24. The molecule has 0 spiro atoms. The van der Waals surface area contributed by atoms with Crippen LogP contribution < -0.4 is 5.32 Å². The number of nitrogens with zero attached hydrogens (tertiary/aromatic N) is 1. The number of nitrogens with one attached hydrogen (secondary N) is 1. The van der Waals surface area contributed by atoms with E-state index in [0.717, 1.165) is 11.3 Å². The van der Waals surface area contributed by atoms with Crippen molar-refractivity contribution in [2.24, 2.45) is 5.92 Å². The largest absolute Gasteiger partial charge is 0.396 e. The van der Waals surface area contributed by atoms with Crippen LogP contribution in [-0.4, -0.2) is 50.0 Å². The van der Waals surface area contributed by atoms with E-state index < -0.39 is 15.9 Å². The third-order valence-corrected chi connectivity index (χ3v) is 6.62. The van der Waals surface area contributed by atoms with Gasteiger partial charge in [0.2, 0.25) is 10.0 Å². The predicted molar refractivity (Wildman–Crippen MR) is 84.1 cm³/mol. The van der Waals surface area contributed by atoms with Gasteiger partial charge in [0.15, 0.2) is 0 Å². The summed E-state index contributed by atoms with van der Waals surface area (Å²) in [4.78, 5) is 12.2. The van der Waals surface area contributed by atoms with Crippen LogP contribution in [0.4, 0.5) is 0 Å². The molecule has 0 bridgehead atoms. The van der Waals surface area contributed by atoms with Crippen LogP contribution in [0.2, 0.25) is 0 Å². The summed E-state index contributed by atoms with van der Waals surface area (Å²) in [6.45, 7) is 0.841. The first kappa shape index (κ1) is 17.0. The Kier molecular flexibility index (Phi) is 5.58. The number of piperidine rings is 1. The van der Waals surface area contributed by atoms with Gasteiger partial charge in [-0.15, -0.1) is 17.8 Å². The predicted octanol–water partition coefficient (Wildman–Crippen LogP) is 0.504. The number of hydrogen-bond acceptors (Lipinski definition) is 5. The van der Waals surface area contributed by atoms with Gasteiger partial charge in [0, 0.05) is 19.7 Å². The SMILES string of the molecule is C#CCNC(=O)c1sccc1S(=O)(=O)N1CCC(CO)CC1. The molecule has 0 atom stereocenters. The highest BCUT2D eigenvalue weighted by molar-refractivity contribution is 7.89. The van der Waals surface area contributed by atoms with E-state index in [9.17, 15) is 13.2 Å². The van der Waals surface area contributed by atoms with Crippen LogP contribution in [0.5, 0.6) is 0 Å². The molecule has 0 saturated carbocycles. The van der Waals surface area contributed by atoms with E-state index in [4.69, 9.17) is 11.5 Å². The van der Waals surface area contributed by atoms with E-state index in [1.54, 1.807) is 5.38 Å². The fourth-order valence-electron chi connectivity index (χ4n) is 2.35. The Bertz CT molecular complexity index is 667. The Labute approximate surface area is 134 Å². The Morgan fingerprint density at radius 1 is 1.50 bits per heavy atom. The molecule has 1 aliphatic rings. The normalized spacial score (nSPS) is 17.1. The first-order valence-electron chi connectivity index (χ1n) is 6.91. The van der Waals surface area contributed by atoms with Gasteiger partial charge < -0.3 is 10.4 Å². The van der Waals surface area contributed by atoms with Gasteiger partial charge >= 0.3 is 0 Å². The van der Waals surface area contributed by atoms with Gasteiger partial charge in [0.1, 0.15) is 9.77 Å². The summed E-state index contributed by atoms with van der Waals surface area (Å²) in [5.41, 5.74) is 0. The second-order valence-corrected chi connectivity index (χ2v) is 7.85. The molecule has 1 aromatic rings. The standard InChI is InChI=1S/C14H18N2O4S2/c1-2-6-15-14(18)13-12(5-9-21-13)22(19,20)16-7-3-11(10-17)4-8-16/h1,5,9,11,17H,3-4,6-8,10H2,(H,15,18). The van der Waals surface area contributed by atoms with E-state index >= 15 is 0 Å². The molecule has 2 N–H and O–H groups in total. The first-order valence-corrected chi connectivity index (χ1v) is 9.22. The summed E-state index contributed by atoms with van der Waals surface area (Å²) < 4.78 is 26.8. The van der Waals surface area contributed by atoms with Crippen molar-refractivity contribution in [2.75, 3.05) is 26.2 Å². The highest BCUT2D eigenvalue weighted by atomic mass is 32.2. The zero-order valence-electron chi connectivity index (χ0n) is 12.0. The van der Waals surface area contributed by atoms with Crippen molar-refractivity contribution in [1.29, 1.82) is 0 Å². The molecule has 1 saturated heterocycles. The molecular formula is C14H18N2O4S2. The van der Waals surface area contributed by atoms with Crippen LogP contribution in [0.3, 0.4) is 0 Å². The molecule has 22 heavy (non-hydrogen) atoms. The maximum Gasteiger partial charge on any atom is 0.263 e. The number of rotatable bonds is 5. The molecule has 1 aliphatic heterocycles. The molecule has 120 valence electrons. The van der Waals surface area contributed by atoms with Crippen LogP contribution >= 0.6 is 11.3 Å². The van der Waals surface area contributed by atoms with E-state index in [2.05, 4.69) is 11.2 Å². The van der Waals surface area contributed by atoms with Gasteiger partial charge in [0.25, 0.3) is 5.91 Å². The molecule has 1 amide bonds. The highest BCUT2D eigenvalue weighted by Gasteiger charge is 2.32. The van der Waals surface area contributed by atoms with Gasteiger partial charge in [-0.25, -0.2) is 8.42 Å². The zero-order chi connectivity index (χ0) is 16.2. The van der Waals surface area contributed by atoms with Gasteiger partial charge in [-0.3, -0.25) is 4.79 Å². The number of aliphatic hydroxyl groups is 1. The highest BCUT2D eigenvalue weighted by Crippen LogP contribution is 2.28. The van der Waals surface area contributed by atoms with E-state index in [1.807, 2.05) is 0 Å². The molecule has 0 aromatic carbocycles. The molecule has 2 heterocycles. The molecule has 6 nitrogen and oxygen atoms in total. The van der Waals surface area contributed by atoms with Crippen LogP contribution in [-0.2, 0) is 10.0 Å². The number of amides is 1. The van der Waals surface area contributed by atoms with Crippen molar-refractivity contribution in [2.45, 2.75) is 17.7 Å². The van der Waals surface area contributed by atoms with E-state index in [1.165, 1.54) is 10.4 Å². The Hall–Kier alpha value is -1.40. The monoisotopic (exact) mass is 342 g/mol. The Morgan fingerprint density at radius 3 is 2.77 bits per heavy atom. The van der Waals surface area contributed by atoms with Crippen molar-refractivity contribution in [3.8, 4) is 12.3 Å². The molecule has 0 radical (unpaired) electrons. The Balaban J connectivity index is 2.19. The van der Waals surface area contributed by atoms with E-state index in [0.29, 0.717) is 25.9 Å². The Morgan fingerprint density at radius 2 is 2.18 bits per heavy atom. The van der Waals surface area contributed by atoms with Crippen LogP contribution in [0.15, 0.2) is 16.3 Å². The molecule has 1 fully saturated rings. The minimum absolute atomic E-state index is 0.0227. The smallest absolute Gasteiger partial charge is 0.263 e. The van der Waals surface area contributed by atoms with Crippen LogP contribution in [0, 0.1) is 18.3 Å². The zero-order valence-corrected chi connectivity index (χ0v) is 13.6. The summed E-state index contributed by atoms with van der Waals surface area (Å²) in [6.07, 6.45) is 6.34. The third-order valence-electron chi connectivity index (χ3n) is 3.64. The fourth-order valence-corrected chi connectivity index (χ4v) is 5.14. The number of aliphatic hydroxyl groups excluding tert-OH is 1. The van der Waals surface area contributed by atoms with Crippen molar-refractivity contribution >= 4 is 27.3 Å². The lowest BCUT2D eigenvalue weighted by atomic mass is 10.00. The molecule has 8 heteroatoms. The van der Waals surface area contributed by atoms with Crippen molar-refractivity contribution in [3.05, 3.63) is 16.3 Å². The van der Waals surface area contributed by atoms with Crippen molar-refractivity contribution < 1.29 is 18.3 Å². The van der Waals surface area contributed by atoms with Gasteiger partial charge in [-0.05, 0) is 30.2 Å². The summed E-state index contributed by atoms with van der Waals surface area (Å²) in [5, 5.41) is 13.2. The lowest BCUT2D eigenvalue weighted by Crippen LogP contribution is -2.39. The van der Waals surface area contributed by atoms with Gasteiger partial charge in [0.05, 0.1) is 6.54 Å². The summed E-state index contributed by atoms with van der Waals surface area (Å²) in [7, 11) is -3.70. The number of carbonyl (C=O) groups is 1. The van der Waals surface area contributed by atoms with Gasteiger partial charge in [-0.2, -0.15) is 4.31 Å². The maximum atomic E-state index is 12.7. The van der Waals surface area contributed by atoms with Crippen LogP contribution in [0.1, 0.15) is 22.5 Å². The minimum atomic E-state index is -3.70. The average molecular weight is 342 g/mol. The molecule has 0 unspecified atom stereocenters. The summed E-state index contributed by atoms with van der Waals surface area (Å²) in [5.74, 6) is 1.95. The number of hydrogen-bond donors (Lipinski definition) is 2. The molecule has 2 rings (SSSR count). The van der Waals surface area contributed by atoms with Crippen LogP contribution in [0.25, 0.3) is 0 Å². The van der Waals surface area contributed by atoms with Crippen molar-refractivity contribution in [3.63, 3.8) is 0 Å². The van der Waals surface area contributed by atoms with Crippen molar-refractivity contribution in [1.82, 2.24) is 9.62 Å². The minimum Gasteiger partial charge on any atom is -0.396 e. The number of sulfonamides is 1. The quantitative estimate of drug-likeness (QED) is 0.763. The second-order valence-electron chi connectivity index (χ2n) is 5.03. The van der Waals surface area contributed by atoms with E-state index in [-0.39, 0.29) is 28.8 Å². The first-order chi connectivity index (χ1) is 10.5. The molecular weight excluding hydrogens is 324 g/mol. The average Bonchev–Trinajstić information content (AvgIpc) is 3.03. The van der Waals surface area contributed by atoms with Gasteiger partial charge in [-0.1, -0.05) is 5.92 Å². The number of thiophene rings is 1.